The summed E-state index contributed by atoms with van der Waals surface area (Å²) in [6.07, 6.45) is 5.04. The van der Waals surface area contributed by atoms with Gasteiger partial charge in [0.25, 0.3) is 5.91 Å². The molecule has 0 saturated heterocycles. The molecule has 0 atom stereocenters. The molecule has 0 aromatic carbocycles. The second kappa shape index (κ2) is 5.83. The van der Waals surface area contributed by atoms with E-state index >= 15 is 0 Å². The molecule has 0 radical (unpaired) electrons. The van der Waals surface area contributed by atoms with Gasteiger partial charge in [-0.05, 0) is 44.4 Å². The van der Waals surface area contributed by atoms with Crippen molar-refractivity contribution in [3.8, 4) is 0 Å². The quantitative estimate of drug-likeness (QED) is 0.840. The predicted octanol–water partition coefficient (Wildman–Crippen LogP) is 2.44. The molecule has 0 aliphatic heterocycles. The fourth-order valence-electron chi connectivity index (χ4n) is 2.38. The number of carbonyl (C=O) groups excluding carboxylic acids is 1. The van der Waals surface area contributed by atoms with Gasteiger partial charge in [-0.25, -0.2) is 4.98 Å². The van der Waals surface area contributed by atoms with Crippen LogP contribution in [0.3, 0.4) is 0 Å². The third kappa shape index (κ3) is 3.48. The van der Waals surface area contributed by atoms with E-state index in [1.165, 1.54) is 37.0 Å². The molecule has 116 valence electrons. The lowest BCUT2D eigenvalue weighted by Gasteiger charge is -2.22. The van der Waals surface area contributed by atoms with Crippen LogP contribution in [0.1, 0.15) is 42.3 Å². The van der Waals surface area contributed by atoms with E-state index in [2.05, 4.69) is 11.9 Å². The molecule has 0 bridgehead atoms. The zero-order chi connectivity index (χ0) is 15.0. The van der Waals surface area contributed by atoms with Gasteiger partial charge in [-0.1, -0.05) is 11.3 Å². The first-order valence-corrected chi connectivity index (χ1v) is 8.66. The summed E-state index contributed by atoms with van der Waals surface area (Å²) in [6, 6.07) is 0. The Balaban J connectivity index is 1.75. The molecular weight excluding hydrogens is 284 g/mol. The Kier molecular flexibility index (Phi) is 4.06. The molecule has 21 heavy (non-hydrogen) atoms. The Bertz CT molecular complexity index is 508. The average Bonchev–Trinajstić information content (AvgIpc) is 3.38. The van der Waals surface area contributed by atoms with E-state index in [1.54, 1.807) is 0 Å². The number of nitrogens with zero attached hydrogens (tertiary/aromatic N) is 3. The first kappa shape index (κ1) is 14.6. The number of aromatic nitrogens is 1. The van der Waals surface area contributed by atoms with E-state index in [1.807, 2.05) is 16.8 Å². The van der Waals surface area contributed by atoms with Crippen LogP contribution in [0.25, 0.3) is 0 Å². The van der Waals surface area contributed by atoms with Crippen molar-refractivity contribution < 1.29 is 4.79 Å². The summed E-state index contributed by atoms with van der Waals surface area (Å²) < 4.78 is 0. The molecule has 3 rings (SSSR count). The fraction of sp³-hybridized carbons (Fsp3) is 0.733. The van der Waals surface area contributed by atoms with Crippen LogP contribution < -0.4 is 10.6 Å². The number of carbonyl (C=O) groups is 1. The maximum Gasteiger partial charge on any atom is 0.267 e. The third-order valence-electron chi connectivity index (χ3n) is 4.28. The van der Waals surface area contributed by atoms with Crippen molar-refractivity contribution in [2.24, 2.45) is 11.8 Å². The van der Waals surface area contributed by atoms with Gasteiger partial charge in [0.15, 0.2) is 5.13 Å². The zero-order valence-corrected chi connectivity index (χ0v) is 13.7. The minimum absolute atomic E-state index is 0.0829. The van der Waals surface area contributed by atoms with E-state index in [0.29, 0.717) is 22.5 Å². The lowest BCUT2D eigenvalue weighted by atomic mass is 10.3. The average molecular weight is 308 g/mol. The maximum atomic E-state index is 12.8. The third-order valence-corrected chi connectivity index (χ3v) is 5.45. The van der Waals surface area contributed by atoms with E-state index in [0.717, 1.165) is 24.8 Å². The highest BCUT2D eigenvalue weighted by molar-refractivity contribution is 7.18. The molecule has 1 heterocycles. The molecule has 0 spiro atoms. The van der Waals surface area contributed by atoms with Gasteiger partial charge in [-0.15, -0.1) is 0 Å². The van der Waals surface area contributed by atoms with Crippen molar-refractivity contribution >= 4 is 28.2 Å². The Labute approximate surface area is 130 Å². The fourth-order valence-corrected chi connectivity index (χ4v) is 3.36. The SMILES string of the molecule is CCN(C)c1nc(N)c(C(=O)N(CC2CC2)CC2CC2)s1. The van der Waals surface area contributed by atoms with Crippen molar-refractivity contribution in [2.75, 3.05) is 37.3 Å². The van der Waals surface area contributed by atoms with Gasteiger partial charge in [0.1, 0.15) is 10.7 Å². The predicted molar refractivity (Wildman–Crippen MR) is 86.8 cm³/mol. The molecule has 2 aliphatic rings. The summed E-state index contributed by atoms with van der Waals surface area (Å²) in [5.74, 6) is 1.88. The van der Waals surface area contributed by atoms with Crippen LogP contribution in [0.4, 0.5) is 10.9 Å². The summed E-state index contributed by atoms with van der Waals surface area (Å²) in [4.78, 5) is 21.8. The number of nitrogens with two attached hydrogens (primary N) is 1. The van der Waals surface area contributed by atoms with Gasteiger partial charge < -0.3 is 15.5 Å². The Morgan fingerprint density at radius 3 is 2.33 bits per heavy atom. The number of rotatable bonds is 7. The van der Waals surface area contributed by atoms with Crippen LogP contribution in [-0.2, 0) is 0 Å². The Morgan fingerprint density at radius 2 is 1.86 bits per heavy atom. The Hall–Kier alpha value is -1.30. The summed E-state index contributed by atoms with van der Waals surface area (Å²) in [5.41, 5.74) is 5.99. The molecule has 5 nitrogen and oxygen atoms in total. The first-order chi connectivity index (χ1) is 10.1. The smallest absolute Gasteiger partial charge is 0.267 e. The number of hydrogen-bond acceptors (Lipinski definition) is 5. The van der Waals surface area contributed by atoms with Crippen LogP contribution >= 0.6 is 11.3 Å². The minimum atomic E-state index is 0.0829. The topological polar surface area (TPSA) is 62.5 Å². The lowest BCUT2D eigenvalue weighted by molar-refractivity contribution is 0.0745. The molecule has 2 N–H and O–H groups in total. The van der Waals surface area contributed by atoms with Gasteiger partial charge in [0.2, 0.25) is 0 Å². The maximum absolute atomic E-state index is 12.8. The number of hydrogen-bond donors (Lipinski definition) is 1. The first-order valence-electron chi connectivity index (χ1n) is 7.85. The van der Waals surface area contributed by atoms with Crippen LogP contribution in [0.2, 0.25) is 0 Å². The number of amides is 1. The molecule has 2 aliphatic carbocycles. The summed E-state index contributed by atoms with van der Waals surface area (Å²) >= 11 is 1.42. The number of nitrogen functional groups attached to an aromatic ring is 1. The van der Waals surface area contributed by atoms with Crippen molar-refractivity contribution in [3.05, 3.63) is 4.88 Å². The van der Waals surface area contributed by atoms with Gasteiger partial charge in [0, 0.05) is 26.7 Å². The normalized spacial score (nSPS) is 17.8. The molecule has 1 aromatic rings. The van der Waals surface area contributed by atoms with E-state index in [4.69, 9.17) is 5.73 Å². The van der Waals surface area contributed by atoms with Gasteiger partial charge >= 0.3 is 0 Å². The molecule has 2 fully saturated rings. The van der Waals surface area contributed by atoms with Crippen molar-refractivity contribution in [1.82, 2.24) is 9.88 Å². The van der Waals surface area contributed by atoms with Crippen molar-refractivity contribution in [2.45, 2.75) is 32.6 Å². The number of thiazole rings is 1. The standard InChI is InChI=1S/C15H24N4OS/c1-3-18(2)15-17-13(16)12(21-15)14(20)19(8-10-4-5-10)9-11-6-7-11/h10-11H,3-9,16H2,1-2H3. The highest BCUT2D eigenvalue weighted by atomic mass is 32.1. The summed E-state index contributed by atoms with van der Waals surface area (Å²) in [6.45, 7) is 4.71. The van der Waals surface area contributed by atoms with Crippen molar-refractivity contribution in [3.63, 3.8) is 0 Å². The van der Waals surface area contributed by atoms with Crippen LogP contribution in [-0.4, -0.2) is 42.5 Å². The summed E-state index contributed by atoms with van der Waals surface area (Å²) in [5, 5.41) is 0.830. The van der Waals surface area contributed by atoms with Gasteiger partial charge in [-0.2, -0.15) is 0 Å². The van der Waals surface area contributed by atoms with E-state index < -0.39 is 0 Å². The highest BCUT2D eigenvalue weighted by Crippen LogP contribution is 2.36. The van der Waals surface area contributed by atoms with Crippen LogP contribution in [0.15, 0.2) is 0 Å². The van der Waals surface area contributed by atoms with Gasteiger partial charge in [0.05, 0.1) is 0 Å². The number of anilines is 2. The molecular formula is C15H24N4OS. The molecule has 6 heteroatoms. The van der Waals surface area contributed by atoms with Crippen LogP contribution in [0, 0.1) is 11.8 Å². The van der Waals surface area contributed by atoms with Crippen molar-refractivity contribution in [1.29, 1.82) is 0 Å². The Morgan fingerprint density at radius 1 is 1.29 bits per heavy atom. The van der Waals surface area contributed by atoms with E-state index in [9.17, 15) is 4.79 Å². The highest BCUT2D eigenvalue weighted by Gasteiger charge is 2.33. The molecule has 2 saturated carbocycles. The second-order valence-corrected chi connectivity index (χ2v) is 7.30. The monoisotopic (exact) mass is 308 g/mol. The lowest BCUT2D eigenvalue weighted by Crippen LogP contribution is -2.34. The molecule has 0 unspecified atom stereocenters. The van der Waals surface area contributed by atoms with Crippen LogP contribution in [0.5, 0.6) is 0 Å². The zero-order valence-electron chi connectivity index (χ0n) is 12.8. The van der Waals surface area contributed by atoms with Gasteiger partial charge in [-0.3, -0.25) is 4.79 Å². The molecule has 1 aromatic heterocycles. The summed E-state index contributed by atoms with van der Waals surface area (Å²) in [7, 11) is 1.97. The molecule has 1 amide bonds. The second-order valence-electron chi connectivity index (χ2n) is 6.32. The minimum Gasteiger partial charge on any atom is -0.382 e. The van der Waals surface area contributed by atoms with E-state index in [-0.39, 0.29) is 5.91 Å². The largest absolute Gasteiger partial charge is 0.382 e.